The molecule has 0 aromatic heterocycles. The SMILES string of the molecule is Cc1cc(O)c(C(C)C)cc1C1(N)CCC1. The molecular weight excluding hydrogens is 198 g/mol. The van der Waals surface area contributed by atoms with Crippen LogP contribution in [0, 0.1) is 6.92 Å². The third-order valence-corrected chi connectivity index (χ3v) is 3.78. The van der Waals surface area contributed by atoms with Gasteiger partial charge in [0.15, 0.2) is 0 Å². The number of phenolic OH excluding ortho intramolecular Hbond substituents is 1. The van der Waals surface area contributed by atoms with Crippen LogP contribution in [-0.4, -0.2) is 5.11 Å². The van der Waals surface area contributed by atoms with Crippen LogP contribution in [0.15, 0.2) is 12.1 Å². The van der Waals surface area contributed by atoms with Crippen molar-refractivity contribution in [3.8, 4) is 5.75 Å². The number of benzene rings is 1. The summed E-state index contributed by atoms with van der Waals surface area (Å²) in [6.45, 7) is 6.22. The minimum absolute atomic E-state index is 0.137. The lowest BCUT2D eigenvalue weighted by Gasteiger charge is -2.40. The Balaban J connectivity index is 2.49. The van der Waals surface area contributed by atoms with Crippen molar-refractivity contribution >= 4 is 0 Å². The molecule has 0 amide bonds. The number of hydrogen-bond donors (Lipinski definition) is 2. The second-order valence-electron chi connectivity index (χ2n) is 5.39. The van der Waals surface area contributed by atoms with E-state index in [0.717, 1.165) is 24.0 Å². The Bertz CT molecular complexity index is 405. The van der Waals surface area contributed by atoms with Crippen molar-refractivity contribution in [1.82, 2.24) is 0 Å². The predicted molar refractivity (Wildman–Crippen MR) is 66.6 cm³/mol. The molecule has 2 nitrogen and oxygen atoms in total. The number of aromatic hydroxyl groups is 1. The highest BCUT2D eigenvalue weighted by Gasteiger charge is 2.36. The summed E-state index contributed by atoms with van der Waals surface area (Å²) in [5.74, 6) is 0.738. The fourth-order valence-electron chi connectivity index (χ4n) is 2.54. The van der Waals surface area contributed by atoms with Crippen LogP contribution in [0.2, 0.25) is 0 Å². The van der Waals surface area contributed by atoms with E-state index in [1.165, 1.54) is 12.0 Å². The van der Waals surface area contributed by atoms with E-state index in [9.17, 15) is 5.11 Å². The standard InChI is InChI=1S/C14H21NO/c1-9(2)11-8-12(10(3)7-13(11)16)14(15)5-4-6-14/h7-9,16H,4-6,15H2,1-3H3. The third-order valence-electron chi connectivity index (χ3n) is 3.78. The van der Waals surface area contributed by atoms with Crippen LogP contribution in [0.25, 0.3) is 0 Å². The molecule has 2 heteroatoms. The first-order chi connectivity index (χ1) is 7.44. The Morgan fingerprint density at radius 2 is 1.94 bits per heavy atom. The lowest BCUT2D eigenvalue weighted by Crippen LogP contribution is -2.43. The van der Waals surface area contributed by atoms with Crippen LogP contribution in [-0.2, 0) is 5.54 Å². The van der Waals surface area contributed by atoms with E-state index in [-0.39, 0.29) is 5.54 Å². The van der Waals surface area contributed by atoms with Gasteiger partial charge in [-0.15, -0.1) is 0 Å². The monoisotopic (exact) mass is 219 g/mol. The molecule has 0 saturated heterocycles. The van der Waals surface area contributed by atoms with Gasteiger partial charge in [-0.1, -0.05) is 13.8 Å². The fourth-order valence-corrected chi connectivity index (χ4v) is 2.54. The van der Waals surface area contributed by atoms with Crippen molar-refractivity contribution in [3.05, 3.63) is 28.8 Å². The molecule has 0 spiro atoms. The zero-order chi connectivity index (χ0) is 11.9. The lowest BCUT2D eigenvalue weighted by atomic mass is 9.70. The fraction of sp³-hybridized carbons (Fsp3) is 0.571. The normalized spacial score (nSPS) is 18.6. The van der Waals surface area contributed by atoms with Gasteiger partial charge in [0.2, 0.25) is 0 Å². The molecule has 16 heavy (non-hydrogen) atoms. The molecule has 2 rings (SSSR count). The minimum Gasteiger partial charge on any atom is -0.508 e. The molecule has 3 N–H and O–H groups in total. The van der Waals surface area contributed by atoms with Gasteiger partial charge in [0, 0.05) is 5.54 Å². The number of phenols is 1. The van der Waals surface area contributed by atoms with E-state index in [4.69, 9.17) is 5.73 Å². The topological polar surface area (TPSA) is 46.2 Å². The van der Waals surface area contributed by atoms with Crippen LogP contribution >= 0.6 is 0 Å². The van der Waals surface area contributed by atoms with Gasteiger partial charge in [0.1, 0.15) is 5.75 Å². The van der Waals surface area contributed by atoms with Gasteiger partial charge in [0.25, 0.3) is 0 Å². The van der Waals surface area contributed by atoms with Crippen molar-refractivity contribution in [2.24, 2.45) is 5.73 Å². The van der Waals surface area contributed by atoms with E-state index < -0.39 is 0 Å². The summed E-state index contributed by atoms with van der Waals surface area (Å²) in [4.78, 5) is 0. The summed E-state index contributed by atoms with van der Waals surface area (Å²) in [5.41, 5.74) is 9.57. The molecule has 1 aromatic rings. The quantitative estimate of drug-likeness (QED) is 0.802. The molecule has 0 aliphatic heterocycles. The molecule has 1 aliphatic carbocycles. The number of nitrogens with two attached hydrogens (primary N) is 1. The molecule has 1 aliphatic rings. The first-order valence-electron chi connectivity index (χ1n) is 6.07. The third kappa shape index (κ3) is 1.71. The van der Waals surface area contributed by atoms with Gasteiger partial charge in [-0.3, -0.25) is 0 Å². The van der Waals surface area contributed by atoms with Crippen LogP contribution in [0.3, 0.4) is 0 Å². The zero-order valence-electron chi connectivity index (χ0n) is 10.4. The predicted octanol–water partition coefficient (Wildman–Crippen LogP) is 3.16. The Hall–Kier alpha value is -1.02. The van der Waals surface area contributed by atoms with Crippen molar-refractivity contribution in [1.29, 1.82) is 0 Å². The minimum atomic E-state index is -0.137. The van der Waals surface area contributed by atoms with Crippen LogP contribution in [0.1, 0.15) is 55.7 Å². The summed E-state index contributed by atoms with van der Waals surface area (Å²) in [5, 5.41) is 9.90. The largest absolute Gasteiger partial charge is 0.508 e. The van der Waals surface area contributed by atoms with Crippen molar-refractivity contribution < 1.29 is 5.11 Å². The smallest absolute Gasteiger partial charge is 0.119 e. The molecule has 0 atom stereocenters. The first kappa shape index (κ1) is 11.5. The highest BCUT2D eigenvalue weighted by Crippen LogP contribution is 2.42. The summed E-state index contributed by atoms with van der Waals surface area (Å²) < 4.78 is 0. The highest BCUT2D eigenvalue weighted by atomic mass is 16.3. The maximum Gasteiger partial charge on any atom is 0.119 e. The lowest BCUT2D eigenvalue weighted by molar-refractivity contribution is 0.252. The Morgan fingerprint density at radius 3 is 2.38 bits per heavy atom. The van der Waals surface area contributed by atoms with Gasteiger partial charge in [0.05, 0.1) is 0 Å². The van der Waals surface area contributed by atoms with E-state index >= 15 is 0 Å². The maximum absolute atomic E-state index is 9.90. The van der Waals surface area contributed by atoms with Crippen molar-refractivity contribution in [2.45, 2.75) is 51.5 Å². The second-order valence-corrected chi connectivity index (χ2v) is 5.39. The number of hydrogen-bond acceptors (Lipinski definition) is 2. The van der Waals surface area contributed by atoms with E-state index in [0.29, 0.717) is 11.7 Å². The van der Waals surface area contributed by atoms with Gasteiger partial charge in [-0.25, -0.2) is 0 Å². The first-order valence-corrected chi connectivity index (χ1v) is 6.07. The maximum atomic E-state index is 9.90. The van der Waals surface area contributed by atoms with Crippen LogP contribution < -0.4 is 5.73 Å². The van der Waals surface area contributed by atoms with Gasteiger partial charge >= 0.3 is 0 Å². The van der Waals surface area contributed by atoms with Crippen LogP contribution in [0.5, 0.6) is 5.75 Å². The summed E-state index contributed by atoms with van der Waals surface area (Å²) >= 11 is 0. The molecule has 0 radical (unpaired) electrons. The molecule has 1 aromatic carbocycles. The summed E-state index contributed by atoms with van der Waals surface area (Å²) in [6.07, 6.45) is 3.35. The molecule has 0 bridgehead atoms. The molecule has 0 heterocycles. The highest BCUT2D eigenvalue weighted by molar-refractivity contribution is 5.46. The average Bonchev–Trinajstić information content (AvgIpc) is 2.13. The van der Waals surface area contributed by atoms with Crippen LogP contribution in [0.4, 0.5) is 0 Å². The average molecular weight is 219 g/mol. The van der Waals surface area contributed by atoms with E-state index in [2.05, 4.69) is 19.9 Å². The molecule has 1 fully saturated rings. The Labute approximate surface area is 97.5 Å². The van der Waals surface area contributed by atoms with E-state index in [1.807, 2.05) is 13.0 Å². The van der Waals surface area contributed by atoms with Crippen molar-refractivity contribution in [3.63, 3.8) is 0 Å². The van der Waals surface area contributed by atoms with Crippen molar-refractivity contribution in [2.75, 3.05) is 0 Å². The molecule has 1 saturated carbocycles. The number of aryl methyl sites for hydroxylation is 1. The Kier molecular flexibility index (Phi) is 2.70. The number of rotatable bonds is 2. The summed E-state index contributed by atoms with van der Waals surface area (Å²) in [6, 6.07) is 3.96. The van der Waals surface area contributed by atoms with Gasteiger partial charge in [-0.05, 0) is 60.9 Å². The summed E-state index contributed by atoms with van der Waals surface area (Å²) in [7, 11) is 0. The molecular formula is C14H21NO. The second kappa shape index (κ2) is 3.77. The van der Waals surface area contributed by atoms with Gasteiger partial charge in [-0.2, -0.15) is 0 Å². The molecule has 88 valence electrons. The van der Waals surface area contributed by atoms with E-state index in [1.54, 1.807) is 0 Å². The molecule has 0 unspecified atom stereocenters. The zero-order valence-corrected chi connectivity index (χ0v) is 10.4. The Morgan fingerprint density at radius 1 is 1.31 bits per heavy atom. The van der Waals surface area contributed by atoms with Gasteiger partial charge < -0.3 is 10.8 Å².